The molecule has 2 aliphatic carbocycles. The summed E-state index contributed by atoms with van der Waals surface area (Å²) in [5.74, 6) is 3.40. The molecule has 0 aromatic rings. The lowest BCUT2D eigenvalue weighted by Gasteiger charge is -2.39. The molecule has 0 N–H and O–H groups in total. The van der Waals surface area contributed by atoms with E-state index in [-0.39, 0.29) is 0 Å². The van der Waals surface area contributed by atoms with E-state index in [2.05, 4.69) is 39.8 Å². The van der Waals surface area contributed by atoms with Crippen LogP contribution in [0.4, 0.5) is 0 Å². The van der Waals surface area contributed by atoms with Crippen LogP contribution in [-0.4, -0.2) is 0 Å². The zero-order chi connectivity index (χ0) is 12.4. The van der Waals surface area contributed by atoms with E-state index in [0.717, 1.165) is 23.7 Å². The lowest BCUT2D eigenvalue weighted by Crippen LogP contribution is -2.28. The van der Waals surface area contributed by atoms with Crippen molar-refractivity contribution >= 4 is 0 Å². The van der Waals surface area contributed by atoms with Gasteiger partial charge in [0.25, 0.3) is 0 Å². The first-order valence-corrected chi connectivity index (χ1v) is 7.52. The second-order valence-corrected chi connectivity index (χ2v) is 6.37. The molecule has 2 rings (SSSR count). The molecule has 0 spiro atoms. The highest BCUT2D eigenvalue weighted by Gasteiger charge is 2.33. The Morgan fingerprint density at radius 1 is 1.24 bits per heavy atom. The van der Waals surface area contributed by atoms with Crippen LogP contribution < -0.4 is 0 Å². The Balaban J connectivity index is 2.20. The topological polar surface area (TPSA) is 0 Å². The molecule has 0 heterocycles. The molecule has 0 bridgehead atoms. The fourth-order valence-corrected chi connectivity index (χ4v) is 3.77. The van der Waals surface area contributed by atoms with E-state index in [1.807, 2.05) is 0 Å². The van der Waals surface area contributed by atoms with Gasteiger partial charge in [-0.2, -0.15) is 0 Å². The van der Waals surface area contributed by atoms with Gasteiger partial charge in [-0.25, -0.2) is 0 Å². The predicted octanol–water partition coefficient (Wildman–Crippen LogP) is 5.36. The van der Waals surface area contributed by atoms with Gasteiger partial charge in [-0.15, -0.1) is 0 Å². The SMILES string of the molecule is CCCCC1CC(C)C2CC(C)C=CC2=C1C. The van der Waals surface area contributed by atoms with Crippen molar-refractivity contribution in [3.63, 3.8) is 0 Å². The number of fused-ring (bicyclic) bond motifs is 1. The second-order valence-electron chi connectivity index (χ2n) is 6.37. The van der Waals surface area contributed by atoms with E-state index >= 15 is 0 Å². The summed E-state index contributed by atoms with van der Waals surface area (Å²) < 4.78 is 0. The number of rotatable bonds is 3. The van der Waals surface area contributed by atoms with E-state index in [4.69, 9.17) is 0 Å². The minimum absolute atomic E-state index is 0.784. The zero-order valence-corrected chi connectivity index (χ0v) is 12.0. The van der Waals surface area contributed by atoms with Gasteiger partial charge in [-0.1, -0.05) is 51.3 Å². The molecule has 0 amide bonds. The van der Waals surface area contributed by atoms with Gasteiger partial charge in [0.05, 0.1) is 0 Å². The largest absolute Gasteiger partial charge is 0.0814 e. The van der Waals surface area contributed by atoms with Crippen molar-refractivity contribution in [1.82, 2.24) is 0 Å². The van der Waals surface area contributed by atoms with Crippen LogP contribution in [0.15, 0.2) is 23.3 Å². The Kier molecular flexibility index (Phi) is 4.12. The fraction of sp³-hybridized carbons (Fsp3) is 0.765. The minimum atomic E-state index is 0.784. The highest BCUT2D eigenvalue weighted by molar-refractivity contribution is 5.34. The normalized spacial score (nSPS) is 37.2. The highest BCUT2D eigenvalue weighted by Crippen LogP contribution is 2.45. The monoisotopic (exact) mass is 232 g/mol. The molecule has 96 valence electrons. The van der Waals surface area contributed by atoms with Crippen molar-refractivity contribution in [2.24, 2.45) is 23.7 Å². The van der Waals surface area contributed by atoms with Crippen LogP contribution in [0.2, 0.25) is 0 Å². The van der Waals surface area contributed by atoms with Crippen LogP contribution in [0.25, 0.3) is 0 Å². The maximum atomic E-state index is 2.47. The maximum Gasteiger partial charge on any atom is -0.0131 e. The molecule has 0 nitrogen and oxygen atoms in total. The van der Waals surface area contributed by atoms with Crippen molar-refractivity contribution in [2.45, 2.75) is 59.8 Å². The van der Waals surface area contributed by atoms with Gasteiger partial charge in [0.15, 0.2) is 0 Å². The molecular weight excluding hydrogens is 204 g/mol. The van der Waals surface area contributed by atoms with Crippen molar-refractivity contribution in [3.8, 4) is 0 Å². The van der Waals surface area contributed by atoms with Gasteiger partial charge in [-0.3, -0.25) is 0 Å². The first kappa shape index (κ1) is 12.9. The second kappa shape index (κ2) is 5.42. The Labute approximate surface area is 107 Å². The average Bonchev–Trinajstić information content (AvgIpc) is 2.32. The molecule has 17 heavy (non-hydrogen) atoms. The van der Waals surface area contributed by atoms with Gasteiger partial charge >= 0.3 is 0 Å². The van der Waals surface area contributed by atoms with E-state index in [1.165, 1.54) is 32.1 Å². The lowest BCUT2D eigenvalue weighted by atomic mass is 9.65. The summed E-state index contributed by atoms with van der Waals surface area (Å²) >= 11 is 0. The maximum absolute atomic E-state index is 2.47. The Hall–Kier alpha value is -0.520. The smallest absolute Gasteiger partial charge is 0.0131 e. The van der Waals surface area contributed by atoms with Gasteiger partial charge in [0, 0.05) is 0 Å². The molecule has 0 heteroatoms. The molecule has 0 aliphatic heterocycles. The highest BCUT2D eigenvalue weighted by atomic mass is 14.4. The molecule has 0 radical (unpaired) electrons. The Morgan fingerprint density at radius 2 is 2.00 bits per heavy atom. The van der Waals surface area contributed by atoms with E-state index in [9.17, 15) is 0 Å². The van der Waals surface area contributed by atoms with Crippen molar-refractivity contribution in [3.05, 3.63) is 23.3 Å². The van der Waals surface area contributed by atoms with Crippen LogP contribution in [0.1, 0.15) is 59.8 Å². The minimum Gasteiger partial charge on any atom is -0.0814 e. The molecule has 0 aromatic heterocycles. The summed E-state index contributed by atoms with van der Waals surface area (Å²) in [7, 11) is 0. The number of unbranched alkanes of at least 4 members (excludes halogenated alkanes) is 1. The summed E-state index contributed by atoms with van der Waals surface area (Å²) in [6, 6.07) is 0. The first-order chi connectivity index (χ1) is 8.13. The van der Waals surface area contributed by atoms with Crippen LogP contribution in [0, 0.1) is 23.7 Å². The molecule has 0 saturated carbocycles. The summed E-state index contributed by atoms with van der Waals surface area (Å²) in [4.78, 5) is 0. The summed E-state index contributed by atoms with van der Waals surface area (Å²) in [6.07, 6.45) is 11.8. The summed E-state index contributed by atoms with van der Waals surface area (Å²) in [5, 5.41) is 0. The Bertz CT molecular complexity index is 321. The lowest BCUT2D eigenvalue weighted by molar-refractivity contribution is 0.265. The number of hydrogen-bond donors (Lipinski definition) is 0. The van der Waals surface area contributed by atoms with Crippen LogP contribution >= 0.6 is 0 Å². The summed E-state index contributed by atoms with van der Waals surface area (Å²) in [5.41, 5.74) is 3.41. The Morgan fingerprint density at radius 3 is 2.71 bits per heavy atom. The molecule has 0 fully saturated rings. The fourth-order valence-electron chi connectivity index (χ4n) is 3.77. The molecule has 4 atom stereocenters. The number of allylic oxidation sites excluding steroid dienone is 4. The van der Waals surface area contributed by atoms with Gasteiger partial charge in [0.2, 0.25) is 0 Å². The van der Waals surface area contributed by atoms with E-state index < -0.39 is 0 Å². The quantitative estimate of drug-likeness (QED) is 0.614. The van der Waals surface area contributed by atoms with Crippen molar-refractivity contribution in [1.29, 1.82) is 0 Å². The molecule has 0 saturated heterocycles. The average molecular weight is 232 g/mol. The van der Waals surface area contributed by atoms with Gasteiger partial charge in [0.1, 0.15) is 0 Å². The predicted molar refractivity (Wildman–Crippen MR) is 75.9 cm³/mol. The standard InChI is InChI=1S/C17H28/c1-5-6-7-15-11-13(3)17-10-12(2)8-9-16(17)14(15)4/h8-9,12-13,15,17H,5-7,10-11H2,1-4H3. The van der Waals surface area contributed by atoms with Crippen LogP contribution in [0.3, 0.4) is 0 Å². The third kappa shape index (κ3) is 2.67. The van der Waals surface area contributed by atoms with Crippen molar-refractivity contribution in [2.75, 3.05) is 0 Å². The van der Waals surface area contributed by atoms with E-state index in [0.29, 0.717) is 0 Å². The van der Waals surface area contributed by atoms with E-state index in [1.54, 1.807) is 11.1 Å². The van der Waals surface area contributed by atoms with Crippen LogP contribution in [0.5, 0.6) is 0 Å². The third-order valence-corrected chi connectivity index (χ3v) is 4.95. The molecule has 4 unspecified atom stereocenters. The first-order valence-electron chi connectivity index (χ1n) is 7.52. The molecule has 2 aliphatic rings. The van der Waals surface area contributed by atoms with Crippen LogP contribution in [-0.2, 0) is 0 Å². The van der Waals surface area contributed by atoms with Gasteiger partial charge < -0.3 is 0 Å². The third-order valence-electron chi connectivity index (χ3n) is 4.95. The number of hydrogen-bond acceptors (Lipinski definition) is 0. The zero-order valence-electron chi connectivity index (χ0n) is 12.0. The molecule has 0 aromatic carbocycles. The van der Waals surface area contributed by atoms with Gasteiger partial charge in [-0.05, 0) is 55.4 Å². The summed E-state index contributed by atoms with van der Waals surface area (Å²) in [6.45, 7) is 9.54. The van der Waals surface area contributed by atoms with Crippen molar-refractivity contribution < 1.29 is 0 Å². The molecular formula is C17H28.